The third-order valence-corrected chi connectivity index (χ3v) is 5.75. The Morgan fingerprint density at radius 1 is 0.971 bits per heavy atom. The molecule has 0 radical (unpaired) electrons. The van der Waals surface area contributed by atoms with E-state index in [4.69, 9.17) is 15.6 Å². The Kier molecular flexibility index (Phi) is 7.73. The largest absolute Gasteiger partial charge is 0.490 e. The number of benzene rings is 3. The summed E-state index contributed by atoms with van der Waals surface area (Å²) in [5, 5.41) is 10.8. The van der Waals surface area contributed by atoms with Gasteiger partial charge in [-0.15, -0.1) is 0 Å². The first-order valence-corrected chi connectivity index (χ1v) is 10.6. The van der Waals surface area contributed by atoms with Crippen LogP contribution in [0.15, 0.2) is 66.7 Å². The summed E-state index contributed by atoms with van der Waals surface area (Å²) in [6.45, 7) is 2.81. The Balaban J connectivity index is 0.000000406. The van der Waals surface area contributed by atoms with Crippen molar-refractivity contribution < 1.29 is 27.9 Å². The molecule has 0 heterocycles. The van der Waals surface area contributed by atoms with Gasteiger partial charge in [0.05, 0.1) is 0 Å². The number of carbonyl (C=O) groups is 2. The van der Waals surface area contributed by atoms with E-state index in [-0.39, 0.29) is 5.91 Å². The molecule has 3 aromatic rings. The molecule has 3 aromatic carbocycles. The number of fused-ring (bicyclic) bond motifs is 1. The molecule has 0 aromatic heterocycles. The molecule has 0 spiro atoms. The number of nitrogens with one attached hydrogen (secondary N) is 1. The maximum absolute atomic E-state index is 11.6. The highest BCUT2D eigenvalue weighted by Crippen LogP contribution is 2.26. The molecule has 34 heavy (non-hydrogen) atoms. The molecule has 4 rings (SSSR count). The second kappa shape index (κ2) is 10.5. The zero-order valence-corrected chi connectivity index (χ0v) is 18.5. The highest BCUT2D eigenvalue weighted by Gasteiger charge is 2.38. The van der Waals surface area contributed by atoms with E-state index in [1.165, 1.54) is 16.7 Å². The van der Waals surface area contributed by atoms with Crippen molar-refractivity contribution in [2.24, 2.45) is 5.73 Å². The fourth-order valence-electron chi connectivity index (χ4n) is 3.98. The van der Waals surface area contributed by atoms with Crippen LogP contribution in [0.3, 0.4) is 0 Å². The minimum atomic E-state index is -5.08. The van der Waals surface area contributed by atoms with Gasteiger partial charge in [0, 0.05) is 18.2 Å². The molecule has 0 saturated heterocycles. The molecule has 1 aliphatic rings. The lowest BCUT2D eigenvalue weighted by molar-refractivity contribution is -0.192. The smallest absolute Gasteiger partial charge is 0.475 e. The molecular formula is C26H25F3N2O3. The summed E-state index contributed by atoms with van der Waals surface area (Å²) in [6, 6.07) is 23.5. The van der Waals surface area contributed by atoms with Crippen molar-refractivity contribution in [3.63, 3.8) is 0 Å². The second-order valence-electron chi connectivity index (χ2n) is 8.10. The quantitative estimate of drug-likeness (QED) is 0.506. The van der Waals surface area contributed by atoms with Gasteiger partial charge in [-0.25, -0.2) is 4.79 Å². The van der Waals surface area contributed by atoms with Crippen molar-refractivity contribution in [1.82, 2.24) is 5.32 Å². The highest BCUT2D eigenvalue weighted by molar-refractivity contribution is 5.96. The summed E-state index contributed by atoms with van der Waals surface area (Å²) >= 11 is 0. The zero-order chi connectivity index (χ0) is 24.9. The van der Waals surface area contributed by atoms with Crippen LogP contribution in [0.25, 0.3) is 11.1 Å². The van der Waals surface area contributed by atoms with Crippen LogP contribution in [0.1, 0.15) is 32.6 Å². The van der Waals surface area contributed by atoms with Crippen molar-refractivity contribution in [3.05, 3.63) is 94.5 Å². The molecule has 0 atom stereocenters. The number of carbonyl (C=O) groups excluding carboxylic acids is 1. The van der Waals surface area contributed by atoms with Crippen LogP contribution in [0.2, 0.25) is 0 Å². The first-order valence-electron chi connectivity index (χ1n) is 10.6. The number of alkyl halides is 3. The monoisotopic (exact) mass is 470 g/mol. The van der Waals surface area contributed by atoms with Crippen molar-refractivity contribution >= 4 is 11.9 Å². The van der Waals surface area contributed by atoms with E-state index in [1.54, 1.807) is 6.07 Å². The van der Waals surface area contributed by atoms with Crippen LogP contribution < -0.4 is 11.1 Å². The molecule has 0 fully saturated rings. The number of carboxylic acid groups (broad SMARTS) is 1. The van der Waals surface area contributed by atoms with Crippen LogP contribution in [0.5, 0.6) is 0 Å². The van der Waals surface area contributed by atoms with Crippen LogP contribution in [-0.4, -0.2) is 29.2 Å². The Morgan fingerprint density at radius 2 is 1.53 bits per heavy atom. The minimum Gasteiger partial charge on any atom is -0.475 e. The van der Waals surface area contributed by atoms with E-state index in [2.05, 4.69) is 53.8 Å². The first kappa shape index (κ1) is 25.0. The number of carboxylic acids is 1. The van der Waals surface area contributed by atoms with Gasteiger partial charge in [-0.3, -0.25) is 4.79 Å². The predicted octanol–water partition coefficient (Wildman–Crippen LogP) is 4.65. The molecule has 0 aliphatic heterocycles. The predicted molar refractivity (Wildman–Crippen MR) is 123 cm³/mol. The van der Waals surface area contributed by atoms with E-state index in [9.17, 15) is 18.0 Å². The Bertz CT molecular complexity index is 1150. The Labute approximate surface area is 195 Å². The third kappa shape index (κ3) is 6.23. The number of aliphatic carboxylic acids is 1. The van der Waals surface area contributed by atoms with Crippen LogP contribution in [-0.2, 0) is 24.2 Å². The number of primary amides is 1. The van der Waals surface area contributed by atoms with Gasteiger partial charge in [-0.1, -0.05) is 60.7 Å². The van der Waals surface area contributed by atoms with E-state index in [1.807, 2.05) is 19.1 Å². The van der Waals surface area contributed by atoms with E-state index in [0.29, 0.717) is 11.6 Å². The zero-order valence-electron chi connectivity index (χ0n) is 18.5. The summed E-state index contributed by atoms with van der Waals surface area (Å²) in [5.74, 6) is -3.14. The molecule has 1 aliphatic carbocycles. The molecule has 0 saturated carbocycles. The van der Waals surface area contributed by atoms with E-state index >= 15 is 0 Å². The fraction of sp³-hybridized carbons (Fsp3) is 0.231. The molecule has 1 amide bonds. The van der Waals surface area contributed by atoms with Gasteiger partial charge < -0.3 is 16.2 Å². The Hall–Kier alpha value is -3.65. The molecular weight excluding hydrogens is 445 g/mol. The fourth-order valence-corrected chi connectivity index (χ4v) is 3.98. The highest BCUT2D eigenvalue weighted by atomic mass is 19.4. The topological polar surface area (TPSA) is 92.4 Å². The van der Waals surface area contributed by atoms with Crippen LogP contribution in [0.4, 0.5) is 13.2 Å². The summed E-state index contributed by atoms with van der Waals surface area (Å²) in [4.78, 5) is 20.5. The second-order valence-corrected chi connectivity index (χ2v) is 8.10. The number of hydrogen-bond acceptors (Lipinski definition) is 3. The lowest BCUT2D eigenvalue weighted by Crippen LogP contribution is -2.28. The molecule has 5 nitrogen and oxygen atoms in total. The summed E-state index contributed by atoms with van der Waals surface area (Å²) in [5.41, 5.74) is 13.3. The molecule has 0 bridgehead atoms. The lowest BCUT2D eigenvalue weighted by atomic mass is 9.95. The standard InChI is InChI=1S/C24H24N2O.C2HF3O2/c1-16-22(7-4-8-23(16)24(25)27)18-11-9-17(10-12-18)15-26-21-13-19-5-2-3-6-20(19)14-21;3-2(4,5)1(6)7/h2-12,21,26H,13-15H2,1H3,(H2,25,27);(H,6,7). The maximum atomic E-state index is 11.6. The summed E-state index contributed by atoms with van der Waals surface area (Å²) in [6.07, 6.45) is -2.87. The SMILES string of the molecule is Cc1c(C(N)=O)cccc1-c1ccc(CNC2Cc3ccccc3C2)cc1.O=C(O)C(F)(F)F. The van der Waals surface area contributed by atoms with E-state index in [0.717, 1.165) is 36.1 Å². The molecule has 8 heteroatoms. The van der Waals surface area contributed by atoms with Crippen molar-refractivity contribution in [2.45, 2.75) is 38.5 Å². The van der Waals surface area contributed by atoms with Gasteiger partial charge in [0.2, 0.25) is 5.91 Å². The maximum Gasteiger partial charge on any atom is 0.490 e. The third-order valence-electron chi connectivity index (χ3n) is 5.75. The number of amides is 1. The van der Waals surface area contributed by atoms with Gasteiger partial charge >= 0.3 is 12.1 Å². The van der Waals surface area contributed by atoms with Gasteiger partial charge in [-0.2, -0.15) is 13.2 Å². The van der Waals surface area contributed by atoms with Crippen molar-refractivity contribution in [3.8, 4) is 11.1 Å². The van der Waals surface area contributed by atoms with Crippen LogP contribution in [0, 0.1) is 6.92 Å². The summed E-state index contributed by atoms with van der Waals surface area (Å²) in [7, 11) is 0. The number of rotatable bonds is 5. The van der Waals surface area contributed by atoms with Crippen LogP contribution >= 0.6 is 0 Å². The first-order chi connectivity index (χ1) is 16.1. The molecule has 0 unspecified atom stereocenters. The van der Waals surface area contributed by atoms with Gasteiger partial charge in [0.25, 0.3) is 0 Å². The normalized spacial score (nSPS) is 13.1. The van der Waals surface area contributed by atoms with E-state index < -0.39 is 12.1 Å². The van der Waals surface area contributed by atoms with Gasteiger partial charge in [0.1, 0.15) is 0 Å². The summed E-state index contributed by atoms with van der Waals surface area (Å²) < 4.78 is 31.7. The van der Waals surface area contributed by atoms with Gasteiger partial charge in [0.15, 0.2) is 0 Å². The molecule has 178 valence electrons. The van der Waals surface area contributed by atoms with Crippen molar-refractivity contribution in [1.29, 1.82) is 0 Å². The average molecular weight is 470 g/mol. The Morgan fingerprint density at radius 3 is 2.03 bits per heavy atom. The molecule has 4 N–H and O–H groups in total. The number of hydrogen-bond donors (Lipinski definition) is 3. The lowest BCUT2D eigenvalue weighted by Gasteiger charge is -2.13. The van der Waals surface area contributed by atoms with Crippen molar-refractivity contribution in [2.75, 3.05) is 0 Å². The number of halogens is 3. The average Bonchev–Trinajstić information content (AvgIpc) is 3.21. The minimum absolute atomic E-state index is 0.382. The number of nitrogens with two attached hydrogens (primary N) is 1. The van der Waals surface area contributed by atoms with Gasteiger partial charge in [-0.05, 0) is 59.2 Å².